The van der Waals surface area contributed by atoms with Crippen molar-refractivity contribution in [2.24, 2.45) is 0 Å². The summed E-state index contributed by atoms with van der Waals surface area (Å²) in [5, 5.41) is 9.68. The van der Waals surface area contributed by atoms with E-state index in [-0.39, 0.29) is 10.9 Å². The molecule has 0 radical (unpaired) electrons. The van der Waals surface area contributed by atoms with Crippen LogP contribution in [0.5, 0.6) is 0 Å². The Morgan fingerprint density at radius 3 is 2.13 bits per heavy atom. The summed E-state index contributed by atoms with van der Waals surface area (Å²) in [6.45, 7) is 0. The lowest BCUT2D eigenvalue weighted by Gasteiger charge is -2.24. The van der Waals surface area contributed by atoms with Gasteiger partial charge in [-0.05, 0) is 47.0 Å². The van der Waals surface area contributed by atoms with Crippen LogP contribution in [0.25, 0.3) is 61.3 Å². The van der Waals surface area contributed by atoms with Gasteiger partial charge < -0.3 is 9.40 Å². The first-order valence-electron chi connectivity index (χ1n) is 14.8. The molecule has 6 aromatic rings. The molecular weight excluding hydrogens is 574 g/mol. The monoisotopic (exact) mass is 599 g/mol. The Balaban J connectivity index is 1.55. The number of fused-ring (bicyclic) bond motifs is 4. The fourth-order valence-electron chi connectivity index (χ4n) is 6.05. The minimum Gasteiger partial charge on any atom is -0.438 e. The summed E-state index contributed by atoms with van der Waals surface area (Å²) in [6.07, 6.45) is 0.377. The van der Waals surface area contributed by atoms with E-state index in [1.165, 1.54) is 0 Å². The number of para-hydroxylation sites is 2. The number of hydrogen-bond donors (Lipinski definition) is 2. The van der Waals surface area contributed by atoms with E-state index in [2.05, 4.69) is 15.0 Å². The van der Waals surface area contributed by atoms with Crippen molar-refractivity contribution < 1.29 is 4.42 Å². The van der Waals surface area contributed by atoms with E-state index in [4.69, 9.17) is 9.83 Å². The molecule has 46 heavy (non-hydrogen) atoms. The summed E-state index contributed by atoms with van der Waals surface area (Å²) >= 11 is 0. The van der Waals surface area contributed by atoms with Crippen LogP contribution in [0.1, 0.15) is 11.4 Å². The van der Waals surface area contributed by atoms with Crippen LogP contribution in [-0.2, 0) is 6.42 Å². The predicted octanol–water partition coefficient (Wildman–Crippen LogP) is 6.72. The van der Waals surface area contributed by atoms with Crippen LogP contribution in [-0.4, -0.2) is 19.5 Å². The van der Waals surface area contributed by atoms with Gasteiger partial charge in [-0.15, -0.1) is 0 Å². The van der Waals surface area contributed by atoms with E-state index >= 15 is 0 Å². The Labute approximate surface area is 261 Å². The van der Waals surface area contributed by atoms with Crippen molar-refractivity contribution in [3.63, 3.8) is 0 Å². The SMILES string of the molecule is N=c1oc2ccccc2cc1-c1cc(-c2ccccc2)c2c3[nH]c(Cc4ccccc4)nc(=O)c3c(=O)nc-2n1-c1ccccc1. The minimum atomic E-state index is -0.683. The second-order valence-electron chi connectivity index (χ2n) is 11.0. The second-order valence-corrected chi connectivity index (χ2v) is 11.0. The molecular formula is C38H25N5O3. The van der Waals surface area contributed by atoms with Gasteiger partial charge in [-0.2, -0.15) is 9.97 Å². The number of aromatic amines is 1. The normalized spacial score (nSPS) is 11.4. The molecule has 8 nitrogen and oxygen atoms in total. The lowest BCUT2D eigenvalue weighted by molar-refractivity contribution is 0.535. The third-order valence-corrected chi connectivity index (χ3v) is 8.13. The van der Waals surface area contributed by atoms with Crippen LogP contribution in [0.2, 0.25) is 0 Å². The third-order valence-electron chi connectivity index (χ3n) is 8.13. The van der Waals surface area contributed by atoms with E-state index < -0.39 is 11.1 Å². The van der Waals surface area contributed by atoms with Crippen molar-refractivity contribution in [2.75, 3.05) is 0 Å². The zero-order valence-corrected chi connectivity index (χ0v) is 24.4. The topological polar surface area (TPSA) is 118 Å². The first-order valence-corrected chi connectivity index (χ1v) is 14.8. The summed E-state index contributed by atoms with van der Waals surface area (Å²) in [5.74, 6) is 0.770. The third kappa shape index (κ3) is 4.60. The molecule has 4 aromatic carbocycles. The first kappa shape index (κ1) is 27.2. The average Bonchev–Trinajstić information content (AvgIpc) is 3.08. The van der Waals surface area contributed by atoms with Gasteiger partial charge in [-0.1, -0.05) is 97.1 Å². The Morgan fingerprint density at radius 2 is 1.37 bits per heavy atom. The zero-order valence-electron chi connectivity index (χ0n) is 24.4. The van der Waals surface area contributed by atoms with Crippen molar-refractivity contribution in [3.8, 4) is 39.5 Å². The van der Waals surface area contributed by atoms with Gasteiger partial charge in [0, 0.05) is 17.5 Å². The molecule has 0 bridgehead atoms. The molecule has 0 aliphatic carbocycles. The van der Waals surface area contributed by atoms with E-state index in [0.29, 0.717) is 46.0 Å². The van der Waals surface area contributed by atoms with Crippen LogP contribution < -0.4 is 16.7 Å². The van der Waals surface area contributed by atoms with Crippen molar-refractivity contribution >= 4 is 21.9 Å². The molecule has 2 N–H and O–H groups in total. The molecule has 8 heteroatoms. The van der Waals surface area contributed by atoms with Crippen LogP contribution >= 0.6 is 0 Å². The lowest BCUT2D eigenvalue weighted by atomic mass is 9.94. The highest BCUT2D eigenvalue weighted by molar-refractivity contribution is 6.01. The quantitative estimate of drug-likeness (QED) is 0.213. The van der Waals surface area contributed by atoms with Crippen molar-refractivity contribution in [2.45, 2.75) is 6.42 Å². The number of hydrogen-bond acceptors (Lipinski definition) is 6. The fourth-order valence-corrected chi connectivity index (χ4v) is 6.05. The highest BCUT2D eigenvalue weighted by atomic mass is 16.3. The molecule has 0 fully saturated rings. The summed E-state index contributed by atoms with van der Waals surface area (Å²) in [4.78, 5) is 39.5. The smallest absolute Gasteiger partial charge is 0.286 e. The summed E-state index contributed by atoms with van der Waals surface area (Å²) in [5.41, 5.74) is 4.59. The van der Waals surface area contributed by atoms with E-state index in [1.807, 2.05) is 132 Å². The molecule has 8 rings (SSSR count). The molecule has 0 saturated carbocycles. The molecule has 220 valence electrons. The molecule has 0 unspecified atom stereocenters. The second kappa shape index (κ2) is 10.9. The van der Waals surface area contributed by atoms with Gasteiger partial charge in [-0.3, -0.25) is 19.6 Å². The maximum absolute atomic E-state index is 13.8. The zero-order chi connectivity index (χ0) is 31.2. The van der Waals surface area contributed by atoms with Gasteiger partial charge >= 0.3 is 0 Å². The Morgan fingerprint density at radius 1 is 0.717 bits per heavy atom. The fraction of sp³-hybridized carbons (Fsp3) is 0.0263. The summed E-state index contributed by atoms with van der Waals surface area (Å²) in [7, 11) is 0. The summed E-state index contributed by atoms with van der Waals surface area (Å²) in [6, 6.07) is 40.4. The van der Waals surface area contributed by atoms with Gasteiger partial charge in [0.05, 0.1) is 22.3 Å². The highest BCUT2D eigenvalue weighted by Crippen LogP contribution is 2.41. The molecule has 0 amide bonds. The van der Waals surface area contributed by atoms with Crippen molar-refractivity contribution in [3.05, 3.63) is 165 Å². The number of benzene rings is 4. The van der Waals surface area contributed by atoms with Crippen LogP contribution in [0, 0.1) is 5.41 Å². The van der Waals surface area contributed by atoms with Crippen LogP contribution in [0.3, 0.4) is 0 Å². The van der Waals surface area contributed by atoms with E-state index in [0.717, 1.165) is 27.8 Å². The minimum absolute atomic E-state index is 0.0346. The Kier molecular flexibility index (Phi) is 6.46. The predicted molar refractivity (Wildman–Crippen MR) is 178 cm³/mol. The molecule has 2 aliphatic heterocycles. The van der Waals surface area contributed by atoms with Crippen LogP contribution in [0.15, 0.2) is 141 Å². The van der Waals surface area contributed by atoms with Gasteiger partial charge in [0.25, 0.3) is 11.1 Å². The Bertz CT molecular complexity index is 2560. The number of nitrogens with one attached hydrogen (secondary N) is 2. The number of pyridine rings is 2. The number of aromatic nitrogens is 4. The lowest BCUT2D eigenvalue weighted by Crippen LogP contribution is -2.25. The van der Waals surface area contributed by atoms with E-state index in [1.54, 1.807) is 0 Å². The van der Waals surface area contributed by atoms with E-state index in [9.17, 15) is 9.59 Å². The number of rotatable bonds is 5. The molecule has 0 spiro atoms. The van der Waals surface area contributed by atoms with Crippen molar-refractivity contribution in [1.82, 2.24) is 19.5 Å². The van der Waals surface area contributed by atoms with Crippen LogP contribution in [0.4, 0.5) is 0 Å². The molecule has 0 saturated heterocycles. The average molecular weight is 600 g/mol. The van der Waals surface area contributed by atoms with Crippen molar-refractivity contribution in [1.29, 1.82) is 5.41 Å². The first-order chi connectivity index (χ1) is 22.5. The van der Waals surface area contributed by atoms with Gasteiger partial charge in [-0.25, -0.2) is 0 Å². The largest absolute Gasteiger partial charge is 0.438 e. The maximum Gasteiger partial charge on any atom is 0.286 e. The molecule has 4 heterocycles. The van der Waals surface area contributed by atoms with Gasteiger partial charge in [0.1, 0.15) is 16.8 Å². The number of nitrogens with zero attached hydrogens (tertiary/aromatic N) is 3. The van der Waals surface area contributed by atoms with Gasteiger partial charge in [0.15, 0.2) is 5.82 Å². The standard InChI is InChI=1S/C38H25N5O3/c39-35-28(21-25-16-10-11-19-30(25)46-35)29-22-27(24-14-6-2-7-15-24)32-34-33(37(44)41-31(40-34)20-23-12-4-1-5-13-23)38(45)42-36(32)43(29)26-17-8-3-9-18-26/h1-19,21-22,39H,20H2,(H,40,41,44). The van der Waals surface area contributed by atoms with Gasteiger partial charge in [0.2, 0.25) is 5.55 Å². The molecule has 2 aromatic heterocycles. The Hall–Kier alpha value is -6.41. The maximum atomic E-state index is 13.8. The highest BCUT2D eigenvalue weighted by Gasteiger charge is 2.27. The summed E-state index contributed by atoms with van der Waals surface area (Å²) < 4.78 is 7.85. The molecule has 2 aliphatic rings. The molecule has 0 atom stereocenters. The number of H-pyrrole nitrogens is 1.